The summed E-state index contributed by atoms with van der Waals surface area (Å²) in [4.78, 5) is 18.2. The average Bonchev–Trinajstić information content (AvgIpc) is 3.25. The molecule has 2 aromatic heterocycles. The van der Waals surface area contributed by atoms with E-state index in [9.17, 15) is 14.3 Å². The molecule has 0 bridgehead atoms. The first-order valence-corrected chi connectivity index (χ1v) is 8.68. The first-order valence-electron chi connectivity index (χ1n) is 8.68. The van der Waals surface area contributed by atoms with Gasteiger partial charge in [-0.1, -0.05) is 0 Å². The van der Waals surface area contributed by atoms with Gasteiger partial charge in [0.1, 0.15) is 11.4 Å². The van der Waals surface area contributed by atoms with Crippen LogP contribution in [0.1, 0.15) is 18.5 Å². The van der Waals surface area contributed by atoms with Gasteiger partial charge in [-0.25, -0.2) is 14.2 Å². The van der Waals surface area contributed by atoms with Gasteiger partial charge < -0.3 is 14.2 Å². The van der Waals surface area contributed by atoms with Crippen LogP contribution in [-0.2, 0) is 23.9 Å². The highest BCUT2D eigenvalue weighted by Gasteiger charge is 2.43. The van der Waals surface area contributed by atoms with Gasteiger partial charge in [0.25, 0.3) is 0 Å². The van der Waals surface area contributed by atoms with Crippen molar-refractivity contribution in [2.24, 2.45) is 7.05 Å². The lowest BCUT2D eigenvalue weighted by Gasteiger charge is -2.39. The molecule has 3 aromatic rings. The summed E-state index contributed by atoms with van der Waals surface area (Å²) < 4.78 is 17.2. The molecule has 4 rings (SSSR count). The Kier molecular flexibility index (Phi) is 4.03. The SMILES string of the molecule is Cn1c(CN2CCC(C(=O)O)(n3ccnc3)CC2)cc2cc(F)ccc21. The molecule has 1 aliphatic rings. The van der Waals surface area contributed by atoms with E-state index in [2.05, 4.69) is 14.5 Å². The van der Waals surface area contributed by atoms with Crippen molar-refractivity contribution in [1.29, 1.82) is 0 Å². The van der Waals surface area contributed by atoms with Crippen LogP contribution in [0.25, 0.3) is 10.9 Å². The van der Waals surface area contributed by atoms with Crippen LogP contribution in [0.3, 0.4) is 0 Å². The normalized spacial score (nSPS) is 17.6. The number of benzene rings is 1. The fourth-order valence-electron chi connectivity index (χ4n) is 3.93. The molecule has 0 spiro atoms. The van der Waals surface area contributed by atoms with Gasteiger partial charge in [-0.05, 0) is 37.1 Å². The number of carboxylic acids is 1. The summed E-state index contributed by atoms with van der Waals surface area (Å²) in [7, 11) is 1.98. The number of hydrogen-bond acceptors (Lipinski definition) is 3. The van der Waals surface area contributed by atoms with Gasteiger partial charge in [0.05, 0.1) is 6.33 Å². The van der Waals surface area contributed by atoms with Gasteiger partial charge in [0.15, 0.2) is 0 Å². The standard InChI is InChI=1S/C19H21FN4O2/c1-22-16(11-14-10-15(20)2-3-17(14)22)12-23-7-4-19(5-8-23,18(25)26)24-9-6-21-13-24/h2-3,6,9-11,13H,4-5,7-8,12H2,1H3,(H,25,26). The highest BCUT2D eigenvalue weighted by molar-refractivity contribution is 5.81. The maximum absolute atomic E-state index is 13.4. The van der Waals surface area contributed by atoms with E-state index in [0.29, 0.717) is 32.5 Å². The summed E-state index contributed by atoms with van der Waals surface area (Å²) in [6.45, 7) is 2.08. The minimum Gasteiger partial charge on any atom is -0.479 e. The average molecular weight is 356 g/mol. The van der Waals surface area contributed by atoms with Crippen molar-refractivity contribution in [3.05, 3.63) is 54.5 Å². The third-order valence-corrected chi connectivity index (χ3v) is 5.57. The van der Waals surface area contributed by atoms with Crippen LogP contribution in [0, 0.1) is 5.82 Å². The van der Waals surface area contributed by atoms with Crippen molar-refractivity contribution in [1.82, 2.24) is 19.0 Å². The van der Waals surface area contributed by atoms with Crippen LogP contribution < -0.4 is 0 Å². The van der Waals surface area contributed by atoms with Crippen molar-refractivity contribution in [2.75, 3.05) is 13.1 Å². The summed E-state index contributed by atoms with van der Waals surface area (Å²) in [5, 5.41) is 10.7. The van der Waals surface area contributed by atoms with E-state index in [1.165, 1.54) is 6.07 Å². The van der Waals surface area contributed by atoms with E-state index in [-0.39, 0.29) is 5.82 Å². The number of carboxylic acid groups (broad SMARTS) is 1. The van der Waals surface area contributed by atoms with Crippen LogP contribution in [0.2, 0.25) is 0 Å². The van der Waals surface area contributed by atoms with Crippen LogP contribution in [0.15, 0.2) is 43.0 Å². The summed E-state index contributed by atoms with van der Waals surface area (Å²) in [6.07, 6.45) is 5.98. The molecule has 1 N–H and O–H groups in total. The van der Waals surface area contributed by atoms with E-state index >= 15 is 0 Å². The van der Waals surface area contributed by atoms with Crippen molar-refractivity contribution < 1.29 is 14.3 Å². The second kappa shape index (κ2) is 6.25. The Morgan fingerprint density at radius 3 is 2.73 bits per heavy atom. The number of halogens is 1. The minimum atomic E-state index is -0.922. The van der Waals surface area contributed by atoms with E-state index in [1.807, 2.05) is 13.1 Å². The fourth-order valence-corrected chi connectivity index (χ4v) is 3.93. The topological polar surface area (TPSA) is 63.3 Å². The molecule has 136 valence electrons. The number of piperidine rings is 1. The summed E-state index contributed by atoms with van der Waals surface area (Å²) >= 11 is 0. The molecule has 1 saturated heterocycles. The molecule has 1 aliphatic heterocycles. The maximum Gasteiger partial charge on any atom is 0.330 e. The Balaban J connectivity index is 1.52. The Bertz CT molecular complexity index is 940. The molecule has 6 nitrogen and oxygen atoms in total. The number of nitrogens with zero attached hydrogens (tertiary/aromatic N) is 4. The Hall–Kier alpha value is -2.67. The van der Waals surface area contributed by atoms with Crippen LogP contribution in [0.4, 0.5) is 4.39 Å². The van der Waals surface area contributed by atoms with E-state index in [0.717, 1.165) is 16.6 Å². The van der Waals surface area contributed by atoms with Gasteiger partial charge in [0, 0.05) is 55.7 Å². The van der Waals surface area contributed by atoms with Gasteiger partial charge >= 0.3 is 5.97 Å². The first-order chi connectivity index (χ1) is 12.5. The molecular weight excluding hydrogens is 335 g/mol. The molecule has 0 amide bonds. The predicted octanol–water partition coefficient (Wildman–Crippen LogP) is 2.59. The number of likely N-dealkylation sites (tertiary alicyclic amines) is 1. The smallest absolute Gasteiger partial charge is 0.330 e. The first kappa shape index (κ1) is 16.8. The lowest BCUT2D eigenvalue weighted by atomic mass is 9.87. The number of hydrogen-bond donors (Lipinski definition) is 1. The molecule has 1 aromatic carbocycles. The molecular formula is C19H21FN4O2. The van der Waals surface area contributed by atoms with Crippen molar-refractivity contribution in [2.45, 2.75) is 24.9 Å². The highest BCUT2D eigenvalue weighted by atomic mass is 19.1. The summed E-state index contributed by atoms with van der Waals surface area (Å²) in [5.74, 6) is -1.05. The zero-order valence-corrected chi connectivity index (χ0v) is 14.6. The zero-order valence-electron chi connectivity index (χ0n) is 14.6. The van der Waals surface area contributed by atoms with E-state index in [4.69, 9.17) is 0 Å². The lowest BCUT2D eigenvalue weighted by molar-refractivity contribution is -0.150. The van der Waals surface area contributed by atoms with E-state index < -0.39 is 11.5 Å². The van der Waals surface area contributed by atoms with Gasteiger partial charge in [0.2, 0.25) is 0 Å². The second-order valence-corrected chi connectivity index (χ2v) is 6.98. The number of aryl methyl sites for hydroxylation is 1. The highest BCUT2D eigenvalue weighted by Crippen LogP contribution is 2.31. The predicted molar refractivity (Wildman–Crippen MR) is 95.2 cm³/mol. The van der Waals surface area contributed by atoms with Gasteiger partial charge in [-0.2, -0.15) is 0 Å². The molecule has 0 radical (unpaired) electrons. The van der Waals surface area contributed by atoms with Crippen molar-refractivity contribution in [3.63, 3.8) is 0 Å². The molecule has 3 heterocycles. The van der Waals surface area contributed by atoms with Crippen molar-refractivity contribution >= 4 is 16.9 Å². The quantitative estimate of drug-likeness (QED) is 0.780. The third-order valence-electron chi connectivity index (χ3n) is 5.57. The molecule has 7 heteroatoms. The zero-order chi connectivity index (χ0) is 18.3. The fraction of sp³-hybridized carbons (Fsp3) is 0.368. The number of imidazole rings is 1. The third kappa shape index (κ3) is 2.68. The van der Waals surface area contributed by atoms with E-state index in [1.54, 1.807) is 35.4 Å². The number of aliphatic carboxylic acids is 1. The minimum absolute atomic E-state index is 0.237. The molecule has 0 saturated carbocycles. The Morgan fingerprint density at radius 2 is 2.08 bits per heavy atom. The molecule has 1 fully saturated rings. The van der Waals surface area contributed by atoms with Crippen LogP contribution in [-0.4, -0.2) is 43.2 Å². The number of aromatic nitrogens is 3. The number of fused-ring (bicyclic) bond motifs is 1. The maximum atomic E-state index is 13.4. The number of carbonyl (C=O) groups is 1. The van der Waals surface area contributed by atoms with Crippen LogP contribution >= 0.6 is 0 Å². The summed E-state index contributed by atoms with van der Waals surface area (Å²) in [6, 6.07) is 6.81. The Labute approximate surface area is 150 Å². The number of rotatable bonds is 4. The monoisotopic (exact) mass is 356 g/mol. The molecule has 0 atom stereocenters. The Morgan fingerprint density at radius 1 is 1.31 bits per heavy atom. The largest absolute Gasteiger partial charge is 0.479 e. The summed E-state index contributed by atoms with van der Waals surface area (Å²) in [5.41, 5.74) is 1.17. The molecule has 0 unspecified atom stereocenters. The van der Waals surface area contributed by atoms with Crippen molar-refractivity contribution in [3.8, 4) is 0 Å². The van der Waals surface area contributed by atoms with Gasteiger partial charge in [-0.15, -0.1) is 0 Å². The van der Waals surface area contributed by atoms with Gasteiger partial charge in [-0.3, -0.25) is 4.90 Å². The molecule has 0 aliphatic carbocycles. The lowest BCUT2D eigenvalue weighted by Crippen LogP contribution is -2.50. The second-order valence-electron chi connectivity index (χ2n) is 6.98. The van der Waals surface area contributed by atoms with Crippen LogP contribution in [0.5, 0.6) is 0 Å². The molecule has 26 heavy (non-hydrogen) atoms.